The second-order valence-electron chi connectivity index (χ2n) is 6.32. The van der Waals surface area contributed by atoms with E-state index in [-0.39, 0.29) is 5.54 Å². The van der Waals surface area contributed by atoms with Gasteiger partial charge in [-0.25, -0.2) is 0 Å². The Morgan fingerprint density at radius 3 is 2.84 bits per heavy atom. The Hall–Kier alpha value is -0.380. The minimum atomic E-state index is 0.231. The molecule has 2 nitrogen and oxygen atoms in total. The van der Waals surface area contributed by atoms with Crippen LogP contribution in [0.1, 0.15) is 57.9 Å². The number of thiophene rings is 1. The number of hydrogen-bond acceptors (Lipinski definition) is 3. The maximum absolute atomic E-state index is 3.69. The molecule has 1 aliphatic rings. The molecular weight excluding hydrogens is 252 g/mol. The zero-order valence-electron chi connectivity index (χ0n) is 12.8. The summed E-state index contributed by atoms with van der Waals surface area (Å²) in [4.78, 5) is 4.30. The molecule has 19 heavy (non-hydrogen) atoms. The average molecular weight is 280 g/mol. The van der Waals surface area contributed by atoms with Crippen molar-refractivity contribution in [2.75, 3.05) is 13.1 Å². The molecule has 1 aromatic heterocycles. The van der Waals surface area contributed by atoms with Crippen LogP contribution in [0.2, 0.25) is 0 Å². The molecule has 1 aromatic rings. The molecule has 2 atom stereocenters. The monoisotopic (exact) mass is 280 g/mol. The molecule has 2 unspecified atom stereocenters. The molecular formula is C16H28N2S. The summed E-state index contributed by atoms with van der Waals surface area (Å²) in [5.74, 6) is 0. The van der Waals surface area contributed by atoms with E-state index in [1.165, 1.54) is 24.1 Å². The highest BCUT2D eigenvalue weighted by atomic mass is 32.1. The molecule has 0 spiro atoms. The third kappa shape index (κ3) is 3.59. The second kappa shape index (κ2) is 6.38. The van der Waals surface area contributed by atoms with E-state index in [1.807, 2.05) is 11.3 Å². The summed E-state index contributed by atoms with van der Waals surface area (Å²) in [5.41, 5.74) is 0.231. The molecule has 0 aromatic carbocycles. The maximum atomic E-state index is 3.69. The molecule has 1 aliphatic heterocycles. The summed E-state index contributed by atoms with van der Waals surface area (Å²) in [7, 11) is 0. The van der Waals surface area contributed by atoms with Crippen LogP contribution < -0.4 is 5.32 Å². The molecule has 0 aliphatic carbocycles. The minimum absolute atomic E-state index is 0.231. The Morgan fingerprint density at radius 1 is 1.47 bits per heavy atom. The van der Waals surface area contributed by atoms with Gasteiger partial charge in [-0.2, -0.15) is 0 Å². The SMILES string of the molecule is CCCC(c1cccs1)N1CC(C)(C)NCC1CC. The summed E-state index contributed by atoms with van der Waals surface area (Å²) >= 11 is 1.92. The van der Waals surface area contributed by atoms with Crippen molar-refractivity contribution in [2.24, 2.45) is 0 Å². The fourth-order valence-corrected chi connectivity index (χ4v) is 4.00. The average Bonchev–Trinajstić information content (AvgIpc) is 2.88. The Kier molecular flexibility index (Phi) is 5.04. The first kappa shape index (κ1) is 15.0. The highest BCUT2D eigenvalue weighted by Crippen LogP contribution is 2.34. The third-order valence-corrected chi connectivity index (χ3v) is 5.14. The van der Waals surface area contributed by atoms with Crippen molar-refractivity contribution in [1.29, 1.82) is 0 Å². The molecule has 1 N–H and O–H groups in total. The van der Waals surface area contributed by atoms with Crippen LogP contribution in [0.15, 0.2) is 17.5 Å². The van der Waals surface area contributed by atoms with Gasteiger partial charge in [-0.05, 0) is 38.1 Å². The van der Waals surface area contributed by atoms with E-state index in [0.29, 0.717) is 12.1 Å². The predicted molar refractivity (Wildman–Crippen MR) is 84.8 cm³/mol. The lowest BCUT2D eigenvalue weighted by molar-refractivity contribution is 0.0485. The summed E-state index contributed by atoms with van der Waals surface area (Å²) < 4.78 is 0. The molecule has 0 radical (unpaired) electrons. The maximum Gasteiger partial charge on any atom is 0.0445 e. The standard InChI is InChI=1S/C16H28N2S/c1-5-8-14(15-9-7-10-19-15)18-12-16(3,4)17-11-13(18)6-2/h7,9-10,13-14,17H,5-6,8,11-12H2,1-4H3. The van der Waals surface area contributed by atoms with E-state index >= 15 is 0 Å². The molecule has 2 heterocycles. The van der Waals surface area contributed by atoms with Gasteiger partial charge in [-0.15, -0.1) is 11.3 Å². The van der Waals surface area contributed by atoms with Crippen molar-refractivity contribution in [1.82, 2.24) is 10.2 Å². The Morgan fingerprint density at radius 2 is 2.26 bits per heavy atom. The van der Waals surface area contributed by atoms with Gasteiger partial charge < -0.3 is 5.32 Å². The van der Waals surface area contributed by atoms with E-state index in [0.717, 1.165) is 13.1 Å². The van der Waals surface area contributed by atoms with Crippen molar-refractivity contribution in [2.45, 2.75) is 64.6 Å². The molecule has 3 heteroatoms. The fourth-order valence-electron chi connectivity index (χ4n) is 3.12. The lowest BCUT2D eigenvalue weighted by atomic mass is 9.94. The first-order valence-electron chi connectivity index (χ1n) is 7.61. The van der Waals surface area contributed by atoms with Gasteiger partial charge in [-0.3, -0.25) is 4.90 Å². The van der Waals surface area contributed by atoms with Crippen molar-refractivity contribution < 1.29 is 0 Å². The van der Waals surface area contributed by atoms with Gasteiger partial charge in [0.05, 0.1) is 0 Å². The van der Waals surface area contributed by atoms with Gasteiger partial charge in [-0.1, -0.05) is 26.3 Å². The summed E-state index contributed by atoms with van der Waals surface area (Å²) in [5, 5.41) is 5.91. The van der Waals surface area contributed by atoms with E-state index in [2.05, 4.69) is 55.4 Å². The molecule has 2 rings (SSSR count). The number of nitrogens with zero attached hydrogens (tertiary/aromatic N) is 1. The van der Waals surface area contributed by atoms with E-state index in [4.69, 9.17) is 0 Å². The molecule has 1 saturated heterocycles. The summed E-state index contributed by atoms with van der Waals surface area (Å²) in [6.07, 6.45) is 3.76. The Bertz CT molecular complexity index is 372. The number of hydrogen-bond donors (Lipinski definition) is 1. The quantitative estimate of drug-likeness (QED) is 0.875. The van der Waals surface area contributed by atoms with Crippen LogP contribution in [0.25, 0.3) is 0 Å². The normalized spacial score (nSPS) is 25.4. The van der Waals surface area contributed by atoms with Gasteiger partial charge >= 0.3 is 0 Å². The minimum Gasteiger partial charge on any atom is -0.309 e. The number of rotatable bonds is 5. The molecule has 108 valence electrons. The lowest BCUT2D eigenvalue weighted by Gasteiger charge is -2.48. The van der Waals surface area contributed by atoms with Crippen LogP contribution in [0.3, 0.4) is 0 Å². The van der Waals surface area contributed by atoms with Crippen LogP contribution in [-0.4, -0.2) is 29.6 Å². The highest BCUT2D eigenvalue weighted by Gasteiger charge is 2.36. The first-order valence-corrected chi connectivity index (χ1v) is 8.49. The zero-order valence-corrected chi connectivity index (χ0v) is 13.6. The van der Waals surface area contributed by atoms with Gasteiger partial charge in [0, 0.05) is 35.6 Å². The number of piperazine rings is 1. The first-order chi connectivity index (χ1) is 9.07. The van der Waals surface area contributed by atoms with E-state index in [9.17, 15) is 0 Å². The highest BCUT2D eigenvalue weighted by molar-refractivity contribution is 7.10. The van der Waals surface area contributed by atoms with Gasteiger partial charge in [0.2, 0.25) is 0 Å². The van der Waals surface area contributed by atoms with Gasteiger partial charge in [0.25, 0.3) is 0 Å². The largest absolute Gasteiger partial charge is 0.309 e. The third-order valence-electron chi connectivity index (χ3n) is 4.17. The van der Waals surface area contributed by atoms with Crippen molar-refractivity contribution in [3.8, 4) is 0 Å². The smallest absolute Gasteiger partial charge is 0.0445 e. The summed E-state index contributed by atoms with van der Waals surface area (Å²) in [6.45, 7) is 11.5. The molecule has 0 saturated carbocycles. The van der Waals surface area contributed by atoms with E-state index < -0.39 is 0 Å². The Balaban J connectivity index is 2.22. The van der Waals surface area contributed by atoms with Crippen molar-refractivity contribution in [3.05, 3.63) is 22.4 Å². The van der Waals surface area contributed by atoms with Crippen LogP contribution in [0.5, 0.6) is 0 Å². The van der Waals surface area contributed by atoms with Gasteiger partial charge in [0.15, 0.2) is 0 Å². The van der Waals surface area contributed by atoms with Crippen molar-refractivity contribution in [3.63, 3.8) is 0 Å². The Labute approximate surface area is 122 Å². The van der Waals surface area contributed by atoms with Crippen molar-refractivity contribution >= 4 is 11.3 Å². The zero-order chi connectivity index (χ0) is 13.9. The van der Waals surface area contributed by atoms with E-state index in [1.54, 1.807) is 0 Å². The van der Waals surface area contributed by atoms with Crippen LogP contribution >= 0.6 is 11.3 Å². The number of nitrogens with one attached hydrogen (secondary N) is 1. The second-order valence-corrected chi connectivity index (χ2v) is 7.30. The van der Waals surface area contributed by atoms with Crippen LogP contribution in [0, 0.1) is 0 Å². The lowest BCUT2D eigenvalue weighted by Crippen LogP contribution is -2.61. The van der Waals surface area contributed by atoms with Gasteiger partial charge in [0.1, 0.15) is 0 Å². The van der Waals surface area contributed by atoms with Crippen LogP contribution in [0.4, 0.5) is 0 Å². The summed E-state index contributed by atoms with van der Waals surface area (Å²) in [6, 6.07) is 5.78. The molecule has 0 bridgehead atoms. The molecule has 0 amide bonds. The predicted octanol–water partition coefficient (Wildman–Crippen LogP) is 4.05. The van der Waals surface area contributed by atoms with Crippen LogP contribution in [-0.2, 0) is 0 Å². The topological polar surface area (TPSA) is 15.3 Å². The molecule has 1 fully saturated rings. The fraction of sp³-hybridized carbons (Fsp3) is 0.750.